The van der Waals surface area contributed by atoms with Gasteiger partial charge in [0.05, 0.1) is 18.7 Å². The molecule has 0 aliphatic rings. The molecule has 9 heteroatoms. The van der Waals surface area contributed by atoms with Gasteiger partial charge in [0.15, 0.2) is 0 Å². The number of rotatable bonds is 21. The van der Waals surface area contributed by atoms with Crippen LogP contribution in [0.25, 0.3) is 10.9 Å². The Bertz CT molecular complexity index is 1430. The van der Waals surface area contributed by atoms with E-state index in [2.05, 4.69) is 42.9 Å². The molecule has 2 aromatic carbocycles. The van der Waals surface area contributed by atoms with E-state index in [0.29, 0.717) is 12.8 Å². The van der Waals surface area contributed by atoms with Gasteiger partial charge in [0.2, 0.25) is 11.8 Å². The number of carbonyl (C=O) groups is 3. The molecule has 3 rings (SSSR count). The predicted molar refractivity (Wildman–Crippen MR) is 193 cm³/mol. The predicted octanol–water partition coefficient (Wildman–Crippen LogP) is 5.97. The van der Waals surface area contributed by atoms with Crippen LogP contribution in [0.4, 0.5) is 0 Å². The number of hydrogen-bond donors (Lipinski definition) is 4. The average molecular weight is 663 g/mol. The molecule has 264 valence electrons. The lowest BCUT2D eigenvalue weighted by Gasteiger charge is -2.36. The van der Waals surface area contributed by atoms with Crippen molar-refractivity contribution in [3.8, 4) is 0 Å². The van der Waals surface area contributed by atoms with Crippen LogP contribution in [0, 0.1) is 18.8 Å². The number of nitrogens with one attached hydrogen (secondary N) is 2. The van der Waals surface area contributed by atoms with E-state index >= 15 is 0 Å². The number of carboxylic acid groups (broad SMARTS) is 1. The number of fused-ring (bicyclic) bond motifs is 1. The molecule has 0 saturated heterocycles. The lowest BCUT2D eigenvalue weighted by molar-refractivity contribution is -0.143. The number of amides is 2. The quantitative estimate of drug-likeness (QED) is 0.111. The monoisotopic (exact) mass is 662 g/mol. The maximum Gasteiger partial charge on any atom is 0.326 e. The first kappa shape index (κ1) is 38.8. The number of carboxylic acids is 1. The van der Waals surface area contributed by atoms with Gasteiger partial charge in [-0.15, -0.1) is 0 Å². The van der Waals surface area contributed by atoms with Gasteiger partial charge in [-0.2, -0.15) is 0 Å². The van der Waals surface area contributed by atoms with Crippen LogP contribution in [-0.4, -0.2) is 87.7 Å². The second-order valence-electron chi connectivity index (χ2n) is 13.8. The van der Waals surface area contributed by atoms with Crippen LogP contribution in [0.5, 0.6) is 0 Å². The average Bonchev–Trinajstić information content (AvgIpc) is 3.47. The first-order valence-electron chi connectivity index (χ1n) is 17.7. The zero-order chi connectivity index (χ0) is 35.2. The molecule has 4 atom stereocenters. The molecular weight excluding hydrogens is 604 g/mol. The third-order valence-corrected chi connectivity index (χ3v) is 9.28. The first-order chi connectivity index (χ1) is 22.9. The number of aromatic nitrogens is 1. The van der Waals surface area contributed by atoms with Gasteiger partial charge in [0.25, 0.3) is 0 Å². The van der Waals surface area contributed by atoms with Gasteiger partial charge in [-0.25, -0.2) is 4.79 Å². The van der Waals surface area contributed by atoms with E-state index in [4.69, 9.17) is 0 Å². The zero-order valence-electron chi connectivity index (χ0n) is 29.9. The molecule has 48 heavy (non-hydrogen) atoms. The Hall–Kier alpha value is -3.69. The molecule has 0 saturated carbocycles. The van der Waals surface area contributed by atoms with Crippen LogP contribution < -0.4 is 5.32 Å². The number of unbranched alkanes of at least 4 members (excludes halogenated alkanes) is 2. The van der Waals surface area contributed by atoms with E-state index in [1.54, 1.807) is 11.9 Å². The van der Waals surface area contributed by atoms with Crippen molar-refractivity contribution < 1.29 is 24.6 Å². The SMILES string of the molecule is CCCCN(CCCC)CC(=O)N(C)C(CC(C)C)C(O)CC(Cc1c[nH]c2ccccc12)C(=O)NC(Cc1ccc(C)cc1)C(=O)O. The standard InChI is InChI=1S/C39H58N4O5/c1-7-9-19-43(20-10-8-2)26-37(45)42(6)35(21-27(3)4)36(44)24-30(23-31-25-40-33-14-12-11-13-32(31)33)38(46)41-34(39(47)48)22-29-17-15-28(5)16-18-29/h11-18,25,27,30,34-36,40,44H,7-10,19-24,26H2,1-6H3,(H,41,46)(H,47,48). The topological polar surface area (TPSA) is 126 Å². The zero-order valence-corrected chi connectivity index (χ0v) is 29.9. The molecule has 9 nitrogen and oxygen atoms in total. The van der Waals surface area contributed by atoms with Crippen molar-refractivity contribution >= 4 is 28.7 Å². The molecule has 4 unspecified atom stereocenters. The largest absolute Gasteiger partial charge is 0.480 e. The Morgan fingerprint density at radius 3 is 2.17 bits per heavy atom. The number of para-hydroxylation sites is 1. The van der Waals surface area contributed by atoms with E-state index in [9.17, 15) is 24.6 Å². The highest BCUT2D eigenvalue weighted by molar-refractivity contribution is 5.87. The maximum absolute atomic E-state index is 14.0. The Morgan fingerprint density at radius 1 is 0.917 bits per heavy atom. The van der Waals surface area contributed by atoms with Crippen molar-refractivity contribution in [1.82, 2.24) is 20.1 Å². The molecule has 0 radical (unpaired) electrons. The summed E-state index contributed by atoms with van der Waals surface area (Å²) in [6.07, 6.45) is 6.11. The fourth-order valence-electron chi connectivity index (χ4n) is 6.32. The Morgan fingerprint density at radius 2 is 1.56 bits per heavy atom. The minimum Gasteiger partial charge on any atom is -0.480 e. The Balaban J connectivity index is 1.86. The van der Waals surface area contributed by atoms with E-state index in [1.807, 2.05) is 61.7 Å². The molecule has 3 aromatic rings. The van der Waals surface area contributed by atoms with Crippen LogP contribution in [0.1, 0.15) is 82.9 Å². The van der Waals surface area contributed by atoms with Crippen LogP contribution in [0.15, 0.2) is 54.7 Å². The lowest BCUT2D eigenvalue weighted by Crippen LogP contribution is -2.51. The van der Waals surface area contributed by atoms with Crippen molar-refractivity contribution in [3.05, 3.63) is 71.4 Å². The fraction of sp³-hybridized carbons (Fsp3) is 0.564. The molecule has 0 aliphatic heterocycles. The second kappa shape index (κ2) is 19.3. The number of aliphatic carboxylic acids is 1. The van der Waals surface area contributed by atoms with E-state index < -0.39 is 36.0 Å². The number of nitrogens with zero attached hydrogens (tertiary/aromatic N) is 2. The van der Waals surface area contributed by atoms with Gasteiger partial charge in [-0.05, 0) is 75.2 Å². The summed E-state index contributed by atoms with van der Waals surface area (Å²) in [6, 6.07) is 13.8. The van der Waals surface area contributed by atoms with E-state index in [1.165, 1.54) is 0 Å². The highest BCUT2D eigenvalue weighted by Gasteiger charge is 2.34. The summed E-state index contributed by atoms with van der Waals surface area (Å²) in [6.45, 7) is 12.4. The first-order valence-corrected chi connectivity index (χ1v) is 17.7. The summed E-state index contributed by atoms with van der Waals surface area (Å²) >= 11 is 0. The van der Waals surface area contributed by atoms with Gasteiger partial charge in [-0.1, -0.05) is 88.6 Å². The highest BCUT2D eigenvalue weighted by Crippen LogP contribution is 2.26. The van der Waals surface area contributed by atoms with E-state index in [0.717, 1.165) is 66.4 Å². The van der Waals surface area contributed by atoms with Crippen molar-refractivity contribution in [2.75, 3.05) is 26.7 Å². The molecule has 1 aromatic heterocycles. The molecule has 4 N–H and O–H groups in total. The van der Waals surface area contributed by atoms with Crippen molar-refractivity contribution in [2.45, 2.75) is 104 Å². The fourth-order valence-corrected chi connectivity index (χ4v) is 6.32. The molecule has 0 spiro atoms. The Kier molecular flexibility index (Phi) is 15.6. The number of H-pyrrole nitrogens is 1. The number of aromatic amines is 1. The summed E-state index contributed by atoms with van der Waals surface area (Å²) in [4.78, 5) is 47.2. The number of aliphatic hydroxyl groups excluding tert-OH is 1. The van der Waals surface area contributed by atoms with Crippen molar-refractivity contribution in [2.24, 2.45) is 11.8 Å². The normalized spacial score (nSPS) is 14.2. The number of aliphatic hydroxyl groups is 1. The third kappa shape index (κ3) is 11.8. The van der Waals surface area contributed by atoms with Gasteiger partial charge in [-0.3, -0.25) is 14.5 Å². The molecular formula is C39H58N4O5. The lowest BCUT2D eigenvalue weighted by atomic mass is 9.87. The molecule has 0 bridgehead atoms. The van der Waals surface area contributed by atoms with Crippen LogP contribution in [-0.2, 0) is 27.2 Å². The Labute approximate surface area is 287 Å². The van der Waals surface area contributed by atoms with Gasteiger partial charge in [0.1, 0.15) is 6.04 Å². The minimum atomic E-state index is -1.13. The molecule has 0 fully saturated rings. The summed E-state index contributed by atoms with van der Waals surface area (Å²) < 4.78 is 0. The maximum atomic E-state index is 14.0. The smallest absolute Gasteiger partial charge is 0.326 e. The van der Waals surface area contributed by atoms with Crippen LogP contribution in [0.2, 0.25) is 0 Å². The number of benzene rings is 2. The summed E-state index contributed by atoms with van der Waals surface area (Å²) in [5.41, 5.74) is 3.73. The summed E-state index contributed by atoms with van der Waals surface area (Å²) in [5, 5.41) is 25.7. The van der Waals surface area contributed by atoms with Crippen LogP contribution >= 0.6 is 0 Å². The van der Waals surface area contributed by atoms with Crippen molar-refractivity contribution in [3.63, 3.8) is 0 Å². The third-order valence-electron chi connectivity index (χ3n) is 9.28. The summed E-state index contributed by atoms with van der Waals surface area (Å²) in [7, 11) is 1.76. The molecule has 1 heterocycles. The van der Waals surface area contributed by atoms with E-state index in [-0.39, 0.29) is 31.2 Å². The number of hydrogen-bond acceptors (Lipinski definition) is 5. The van der Waals surface area contributed by atoms with Gasteiger partial charge < -0.3 is 25.4 Å². The van der Waals surface area contributed by atoms with Gasteiger partial charge >= 0.3 is 5.97 Å². The molecule has 2 amide bonds. The number of carbonyl (C=O) groups excluding carboxylic acids is 2. The second-order valence-corrected chi connectivity index (χ2v) is 13.8. The van der Waals surface area contributed by atoms with Gasteiger partial charge in [0, 0.05) is 36.5 Å². The highest BCUT2D eigenvalue weighted by atomic mass is 16.4. The van der Waals surface area contributed by atoms with Crippen molar-refractivity contribution in [1.29, 1.82) is 0 Å². The number of aryl methyl sites for hydroxylation is 1. The minimum absolute atomic E-state index is 0.0476. The van der Waals surface area contributed by atoms with Crippen LogP contribution in [0.3, 0.4) is 0 Å². The molecule has 0 aliphatic carbocycles. The summed E-state index contributed by atoms with van der Waals surface area (Å²) in [5.74, 6) is -2.13. The number of likely N-dealkylation sites (N-methyl/N-ethyl adjacent to an activating group) is 1.